The Morgan fingerprint density at radius 1 is 1.36 bits per heavy atom. The van der Waals surface area contributed by atoms with E-state index in [0.717, 1.165) is 49.3 Å². The number of hydrogen-bond donors (Lipinski definition) is 2. The minimum Gasteiger partial charge on any atom is -0.381 e. The lowest BCUT2D eigenvalue weighted by Crippen LogP contribution is -2.50. The second-order valence-electron chi connectivity index (χ2n) is 5.53. The number of aryl methyl sites for hydroxylation is 2. The van der Waals surface area contributed by atoms with E-state index in [-0.39, 0.29) is 5.60 Å². The van der Waals surface area contributed by atoms with Gasteiger partial charge in [0.2, 0.25) is 0 Å². The predicted octanol–water partition coefficient (Wildman–Crippen LogP) is 1.62. The van der Waals surface area contributed by atoms with Crippen LogP contribution in [-0.4, -0.2) is 50.5 Å². The van der Waals surface area contributed by atoms with E-state index >= 15 is 0 Å². The van der Waals surface area contributed by atoms with Crippen LogP contribution in [0.25, 0.3) is 0 Å². The van der Waals surface area contributed by atoms with Gasteiger partial charge in [0.25, 0.3) is 0 Å². The zero-order valence-electron chi connectivity index (χ0n) is 13.9. The van der Waals surface area contributed by atoms with Gasteiger partial charge >= 0.3 is 0 Å². The molecule has 1 aliphatic rings. The van der Waals surface area contributed by atoms with E-state index in [1.807, 2.05) is 6.92 Å². The Kier molecular flexibility index (Phi) is 6.16. The molecule has 2 rings (SSSR count). The van der Waals surface area contributed by atoms with Gasteiger partial charge in [-0.15, -0.1) is 11.3 Å². The molecule has 0 unspecified atom stereocenters. The molecule has 22 heavy (non-hydrogen) atoms. The number of nitrogens with zero attached hydrogens (tertiary/aromatic N) is 2. The summed E-state index contributed by atoms with van der Waals surface area (Å²) in [7, 11) is 3.54. The third kappa shape index (κ3) is 4.41. The molecule has 0 radical (unpaired) electrons. The molecule has 0 bridgehead atoms. The molecule has 6 nitrogen and oxygen atoms in total. The first-order valence-corrected chi connectivity index (χ1v) is 8.40. The van der Waals surface area contributed by atoms with Crippen LogP contribution in [0.5, 0.6) is 0 Å². The number of rotatable bonds is 5. The number of aliphatic imine (C=N–C) groups is 1. The van der Waals surface area contributed by atoms with Crippen molar-refractivity contribution in [2.24, 2.45) is 4.99 Å². The first-order valence-electron chi connectivity index (χ1n) is 7.59. The van der Waals surface area contributed by atoms with Crippen molar-refractivity contribution in [2.45, 2.75) is 38.8 Å². The molecule has 0 aliphatic carbocycles. The topological polar surface area (TPSA) is 67.8 Å². The van der Waals surface area contributed by atoms with Crippen molar-refractivity contribution < 1.29 is 9.47 Å². The molecule has 7 heteroatoms. The highest BCUT2D eigenvalue weighted by atomic mass is 32.1. The van der Waals surface area contributed by atoms with Gasteiger partial charge in [-0.1, -0.05) is 0 Å². The minimum atomic E-state index is -0.162. The highest BCUT2D eigenvalue weighted by Crippen LogP contribution is 2.23. The molecule has 0 spiro atoms. The molecular formula is C15H26N4O2S. The third-order valence-corrected chi connectivity index (χ3v) is 5.19. The standard InChI is InChI=1S/C15H26N4O2S/c1-11-12(2)22-13(19-11)9-17-14(16-3)18-10-15(20-4)5-7-21-8-6-15/h5-10H2,1-4H3,(H2,16,17,18). The van der Waals surface area contributed by atoms with Gasteiger partial charge < -0.3 is 20.1 Å². The van der Waals surface area contributed by atoms with Gasteiger partial charge in [-0.3, -0.25) is 4.99 Å². The van der Waals surface area contributed by atoms with E-state index in [9.17, 15) is 0 Å². The number of nitrogens with one attached hydrogen (secondary N) is 2. The van der Waals surface area contributed by atoms with Crippen molar-refractivity contribution in [3.8, 4) is 0 Å². The summed E-state index contributed by atoms with van der Waals surface area (Å²) < 4.78 is 11.1. The van der Waals surface area contributed by atoms with Crippen LogP contribution in [0, 0.1) is 13.8 Å². The van der Waals surface area contributed by atoms with Crippen LogP contribution >= 0.6 is 11.3 Å². The number of aromatic nitrogens is 1. The second-order valence-corrected chi connectivity index (χ2v) is 6.82. The van der Waals surface area contributed by atoms with Gasteiger partial charge in [0.1, 0.15) is 5.01 Å². The molecule has 2 N–H and O–H groups in total. The summed E-state index contributed by atoms with van der Waals surface area (Å²) >= 11 is 1.72. The van der Waals surface area contributed by atoms with Crippen molar-refractivity contribution >= 4 is 17.3 Å². The number of hydrogen-bond acceptors (Lipinski definition) is 5. The lowest BCUT2D eigenvalue weighted by molar-refractivity contribution is -0.0855. The predicted molar refractivity (Wildman–Crippen MR) is 89.6 cm³/mol. The Morgan fingerprint density at radius 2 is 2.09 bits per heavy atom. The fourth-order valence-corrected chi connectivity index (χ4v) is 3.31. The fourth-order valence-electron chi connectivity index (χ4n) is 2.44. The molecule has 1 aromatic heterocycles. The molecular weight excluding hydrogens is 300 g/mol. The monoisotopic (exact) mass is 326 g/mol. The summed E-state index contributed by atoms with van der Waals surface area (Å²) in [6.45, 7) is 7.04. The van der Waals surface area contributed by atoms with E-state index in [0.29, 0.717) is 6.54 Å². The molecule has 0 amide bonds. The normalized spacial score (nSPS) is 18.3. The Bertz CT molecular complexity index is 490. The number of methoxy groups -OCH3 is 1. The maximum absolute atomic E-state index is 5.72. The van der Waals surface area contributed by atoms with Gasteiger partial charge in [0, 0.05) is 51.6 Å². The minimum absolute atomic E-state index is 0.162. The zero-order chi connectivity index (χ0) is 16.0. The fraction of sp³-hybridized carbons (Fsp3) is 0.733. The van der Waals surface area contributed by atoms with Gasteiger partial charge in [0.15, 0.2) is 5.96 Å². The maximum Gasteiger partial charge on any atom is 0.191 e. The molecule has 1 saturated heterocycles. The summed E-state index contributed by atoms with van der Waals surface area (Å²) in [5, 5.41) is 7.74. The maximum atomic E-state index is 5.72. The smallest absolute Gasteiger partial charge is 0.191 e. The van der Waals surface area contributed by atoms with E-state index in [2.05, 4.69) is 27.5 Å². The summed E-state index contributed by atoms with van der Waals surface area (Å²) in [5.74, 6) is 0.772. The van der Waals surface area contributed by atoms with Crippen LogP contribution in [0.2, 0.25) is 0 Å². The van der Waals surface area contributed by atoms with Gasteiger partial charge in [-0.2, -0.15) is 0 Å². The molecule has 1 aromatic rings. The molecule has 124 valence electrons. The van der Waals surface area contributed by atoms with E-state index in [1.54, 1.807) is 25.5 Å². The second kappa shape index (κ2) is 7.89. The first kappa shape index (κ1) is 17.2. The van der Waals surface area contributed by atoms with Crippen molar-refractivity contribution in [2.75, 3.05) is 33.9 Å². The van der Waals surface area contributed by atoms with Gasteiger partial charge in [-0.25, -0.2) is 4.98 Å². The van der Waals surface area contributed by atoms with Crippen LogP contribution in [0.1, 0.15) is 28.4 Å². The van der Waals surface area contributed by atoms with Gasteiger partial charge in [-0.05, 0) is 13.8 Å². The zero-order valence-corrected chi connectivity index (χ0v) is 14.7. The summed E-state index contributed by atoms with van der Waals surface area (Å²) in [6, 6.07) is 0. The average Bonchev–Trinajstić information content (AvgIpc) is 2.87. The molecule has 1 fully saturated rings. The molecule has 2 heterocycles. The van der Waals surface area contributed by atoms with Gasteiger partial charge in [0.05, 0.1) is 17.8 Å². The number of guanidine groups is 1. The third-order valence-electron chi connectivity index (χ3n) is 4.12. The quantitative estimate of drug-likeness (QED) is 0.636. The van der Waals surface area contributed by atoms with Crippen LogP contribution in [0.15, 0.2) is 4.99 Å². The Balaban J connectivity index is 1.84. The lowest BCUT2D eigenvalue weighted by Gasteiger charge is -2.36. The summed E-state index contributed by atoms with van der Waals surface area (Å²) in [5.41, 5.74) is 0.940. The first-order chi connectivity index (χ1) is 10.6. The van der Waals surface area contributed by atoms with Crippen molar-refractivity contribution in [3.05, 3.63) is 15.6 Å². The van der Waals surface area contributed by atoms with E-state index in [4.69, 9.17) is 9.47 Å². The van der Waals surface area contributed by atoms with Crippen LogP contribution < -0.4 is 10.6 Å². The van der Waals surface area contributed by atoms with Crippen LogP contribution in [0.3, 0.4) is 0 Å². The number of thiazole rings is 1. The van der Waals surface area contributed by atoms with Crippen LogP contribution in [-0.2, 0) is 16.0 Å². The Hall–Kier alpha value is -1.18. The molecule has 1 aliphatic heterocycles. The summed E-state index contributed by atoms with van der Waals surface area (Å²) in [4.78, 5) is 10.1. The number of ether oxygens (including phenoxy) is 2. The van der Waals surface area contributed by atoms with Crippen LogP contribution in [0.4, 0.5) is 0 Å². The average molecular weight is 326 g/mol. The largest absolute Gasteiger partial charge is 0.381 e. The Labute approximate surface area is 136 Å². The lowest BCUT2D eigenvalue weighted by atomic mass is 9.94. The van der Waals surface area contributed by atoms with Crippen molar-refractivity contribution in [3.63, 3.8) is 0 Å². The highest BCUT2D eigenvalue weighted by Gasteiger charge is 2.32. The molecule has 0 atom stereocenters. The highest BCUT2D eigenvalue weighted by molar-refractivity contribution is 7.11. The molecule has 0 saturated carbocycles. The van der Waals surface area contributed by atoms with Crippen molar-refractivity contribution in [1.29, 1.82) is 0 Å². The SMILES string of the molecule is CN=C(NCc1nc(C)c(C)s1)NCC1(OC)CCOCC1. The van der Waals surface area contributed by atoms with Crippen molar-refractivity contribution in [1.82, 2.24) is 15.6 Å². The Morgan fingerprint density at radius 3 is 2.64 bits per heavy atom. The summed E-state index contributed by atoms with van der Waals surface area (Å²) in [6.07, 6.45) is 1.80. The van der Waals surface area contributed by atoms with E-state index in [1.165, 1.54) is 4.88 Å². The molecule has 0 aromatic carbocycles. The van der Waals surface area contributed by atoms with E-state index < -0.39 is 0 Å².